The molecule has 0 aliphatic heterocycles. The number of carboxylic acid groups (broad SMARTS) is 1. The van der Waals surface area contributed by atoms with Crippen molar-refractivity contribution in [3.63, 3.8) is 0 Å². The molecule has 17 heavy (non-hydrogen) atoms. The molecule has 1 aromatic rings. The van der Waals surface area contributed by atoms with Gasteiger partial charge in [-0.2, -0.15) is 0 Å². The molecule has 2 rings (SSSR count). The van der Waals surface area contributed by atoms with E-state index in [9.17, 15) is 9.59 Å². The molecular formula is C12H15NO3S. The van der Waals surface area contributed by atoms with Crippen LogP contribution in [0.4, 0.5) is 0 Å². The molecule has 1 saturated carbocycles. The molecule has 1 aromatic heterocycles. The van der Waals surface area contributed by atoms with Gasteiger partial charge < -0.3 is 10.0 Å². The predicted octanol–water partition coefficient (Wildman–Crippen LogP) is 1.99. The first-order valence-corrected chi connectivity index (χ1v) is 6.43. The van der Waals surface area contributed by atoms with Gasteiger partial charge in [-0.15, -0.1) is 11.3 Å². The zero-order chi connectivity index (χ0) is 12.6. The molecule has 3 unspecified atom stereocenters. The molecule has 92 valence electrons. The second kappa shape index (κ2) is 4.49. The van der Waals surface area contributed by atoms with Crippen molar-refractivity contribution in [2.75, 3.05) is 7.05 Å². The molecule has 1 aliphatic rings. The van der Waals surface area contributed by atoms with Gasteiger partial charge in [0.25, 0.3) is 0 Å². The molecule has 1 heterocycles. The van der Waals surface area contributed by atoms with E-state index in [0.29, 0.717) is 6.42 Å². The summed E-state index contributed by atoms with van der Waals surface area (Å²) >= 11 is 1.61. The third-order valence-corrected chi connectivity index (χ3v) is 4.35. The van der Waals surface area contributed by atoms with Gasteiger partial charge in [0.05, 0.1) is 17.9 Å². The maximum Gasteiger partial charge on any atom is 0.307 e. The summed E-state index contributed by atoms with van der Waals surface area (Å²) in [7, 11) is 1.74. The predicted molar refractivity (Wildman–Crippen MR) is 64.7 cm³/mol. The Morgan fingerprint density at radius 1 is 1.53 bits per heavy atom. The van der Waals surface area contributed by atoms with Crippen LogP contribution in [-0.2, 0) is 9.59 Å². The number of aliphatic carboxylic acids is 1. The number of thiophene rings is 1. The lowest BCUT2D eigenvalue weighted by molar-refractivity contribution is -0.142. The van der Waals surface area contributed by atoms with Gasteiger partial charge >= 0.3 is 5.97 Å². The van der Waals surface area contributed by atoms with Crippen molar-refractivity contribution < 1.29 is 14.7 Å². The Balaban J connectivity index is 1.99. The number of rotatable bonds is 4. The first kappa shape index (κ1) is 12.1. The number of amides is 1. The Labute approximate surface area is 104 Å². The van der Waals surface area contributed by atoms with E-state index in [1.165, 1.54) is 0 Å². The lowest BCUT2D eigenvalue weighted by atomic mass is 10.2. The summed E-state index contributed by atoms with van der Waals surface area (Å²) in [5.41, 5.74) is 0. The fraction of sp³-hybridized carbons (Fsp3) is 0.500. The van der Waals surface area contributed by atoms with Crippen molar-refractivity contribution in [1.82, 2.24) is 4.90 Å². The molecule has 1 fully saturated rings. The molecular weight excluding hydrogens is 238 g/mol. The Bertz CT molecular complexity index is 429. The van der Waals surface area contributed by atoms with Crippen molar-refractivity contribution in [2.24, 2.45) is 11.8 Å². The van der Waals surface area contributed by atoms with Gasteiger partial charge in [-0.1, -0.05) is 6.07 Å². The molecule has 0 radical (unpaired) electrons. The number of nitrogens with zero attached hydrogens (tertiary/aromatic N) is 1. The number of carbonyl (C=O) groups excluding carboxylic acids is 1. The molecule has 0 bridgehead atoms. The van der Waals surface area contributed by atoms with E-state index >= 15 is 0 Å². The fourth-order valence-electron chi connectivity index (χ4n) is 1.91. The van der Waals surface area contributed by atoms with Crippen LogP contribution in [0.5, 0.6) is 0 Å². The van der Waals surface area contributed by atoms with E-state index < -0.39 is 11.9 Å². The first-order valence-electron chi connectivity index (χ1n) is 5.55. The summed E-state index contributed by atoms with van der Waals surface area (Å²) in [5.74, 6) is -1.71. The molecule has 1 amide bonds. The van der Waals surface area contributed by atoms with Gasteiger partial charge in [0.2, 0.25) is 5.91 Å². The minimum atomic E-state index is -0.861. The maximum absolute atomic E-state index is 12.0. The van der Waals surface area contributed by atoms with Crippen molar-refractivity contribution in [3.05, 3.63) is 22.4 Å². The van der Waals surface area contributed by atoms with Crippen LogP contribution in [0.25, 0.3) is 0 Å². The van der Waals surface area contributed by atoms with E-state index in [2.05, 4.69) is 0 Å². The maximum atomic E-state index is 12.0. The minimum absolute atomic E-state index is 0.0116. The fourth-order valence-corrected chi connectivity index (χ4v) is 2.74. The van der Waals surface area contributed by atoms with Gasteiger partial charge in [0.1, 0.15) is 0 Å². The van der Waals surface area contributed by atoms with Crippen LogP contribution in [0.1, 0.15) is 24.3 Å². The van der Waals surface area contributed by atoms with E-state index in [4.69, 9.17) is 5.11 Å². The van der Waals surface area contributed by atoms with Crippen LogP contribution in [0.3, 0.4) is 0 Å². The quantitative estimate of drug-likeness (QED) is 0.892. The van der Waals surface area contributed by atoms with Crippen LogP contribution >= 0.6 is 11.3 Å². The molecule has 5 heteroatoms. The van der Waals surface area contributed by atoms with Gasteiger partial charge in [-0.3, -0.25) is 9.59 Å². The molecule has 1 aliphatic carbocycles. The number of carbonyl (C=O) groups is 2. The second-order valence-electron chi connectivity index (χ2n) is 4.43. The lowest BCUT2D eigenvalue weighted by Crippen LogP contribution is -2.31. The third kappa shape index (κ3) is 2.34. The van der Waals surface area contributed by atoms with Gasteiger partial charge in [-0.05, 0) is 24.8 Å². The van der Waals surface area contributed by atoms with Crippen molar-refractivity contribution >= 4 is 23.2 Å². The zero-order valence-corrected chi connectivity index (χ0v) is 10.6. The number of hydrogen-bond donors (Lipinski definition) is 1. The summed E-state index contributed by atoms with van der Waals surface area (Å²) in [4.78, 5) is 25.5. The van der Waals surface area contributed by atoms with Crippen molar-refractivity contribution in [2.45, 2.75) is 19.4 Å². The van der Waals surface area contributed by atoms with E-state index in [1.807, 2.05) is 24.4 Å². The SMILES string of the molecule is CC(c1cccs1)N(C)C(=O)C1CC1C(=O)O. The first-order chi connectivity index (χ1) is 8.02. The Morgan fingerprint density at radius 3 is 2.71 bits per heavy atom. The Morgan fingerprint density at radius 2 is 2.24 bits per heavy atom. The number of carboxylic acids is 1. The summed E-state index contributed by atoms with van der Waals surface area (Å²) in [6.07, 6.45) is 0.482. The average molecular weight is 253 g/mol. The minimum Gasteiger partial charge on any atom is -0.481 e. The van der Waals surface area contributed by atoms with Crippen molar-refractivity contribution in [3.8, 4) is 0 Å². The van der Waals surface area contributed by atoms with Crippen molar-refractivity contribution in [1.29, 1.82) is 0 Å². The van der Waals surface area contributed by atoms with Gasteiger partial charge in [-0.25, -0.2) is 0 Å². The average Bonchev–Trinajstić information content (AvgIpc) is 2.93. The molecule has 0 saturated heterocycles. The molecule has 0 aromatic carbocycles. The van der Waals surface area contributed by atoms with Crippen LogP contribution in [-0.4, -0.2) is 28.9 Å². The molecule has 0 spiro atoms. The van der Waals surface area contributed by atoms with Crippen LogP contribution in [0, 0.1) is 11.8 Å². The lowest BCUT2D eigenvalue weighted by Gasteiger charge is -2.24. The topological polar surface area (TPSA) is 57.6 Å². The zero-order valence-electron chi connectivity index (χ0n) is 9.79. The normalized spacial score (nSPS) is 24.1. The highest BCUT2D eigenvalue weighted by atomic mass is 32.1. The van der Waals surface area contributed by atoms with E-state index in [1.54, 1.807) is 23.3 Å². The third-order valence-electron chi connectivity index (χ3n) is 3.31. The summed E-state index contributed by atoms with van der Waals surface area (Å²) in [5, 5.41) is 10.8. The Hall–Kier alpha value is -1.36. The number of hydrogen-bond acceptors (Lipinski definition) is 3. The molecule has 3 atom stereocenters. The standard InChI is InChI=1S/C12H15NO3S/c1-7(10-4-3-5-17-10)13(2)11(14)8-6-9(8)12(15)16/h3-5,7-9H,6H2,1-2H3,(H,15,16). The largest absolute Gasteiger partial charge is 0.481 e. The van der Waals surface area contributed by atoms with Gasteiger partial charge in [0.15, 0.2) is 0 Å². The summed E-state index contributed by atoms with van der Waals surface area (Å²) < 4.78 is 0. The second-order valence-corrected chi connectivity index (χ2v) is 5.41. The van der Waals surface area contributed by atoms with Crippen LogP contribution in [0.15, 0.2) is 17.5 Å². The summed E-state index contributed by atoms with van der Waals surface area (Å²) in [6.45, 7) is 1.96. The van der Waals surface area contributed by atoms with Gasteiger partial charge in [0, 0.05) is 11.9 Å². The highest BCUT2D eigenvalue weighted by Crippen LogP contribution is 2.41. The molecule has 1 N–H and O–H groups in total. The van der Waals surface area contributed by atoms with Crippen LogP contribution < -0.4 is 0 Å². The summed E-state index contributed by atoms with van der Waals surface area (Å²) in [6, 6.07) is 3.95. The highest BCUT2D eigenvalue weighted by molar-refractivity contribution is 7.10. The molecule has 4 nitrogen and oxygen atoms in total. The highest BCUT2D eigenvalue weighted by Gasteiger charge is 2.49. The van der Waals surface area contributed by atoms with E-state index in [0.717, 1.165) is 4.88 Å². The van der Waals surface area contributed by atoms with E-state index in [-0.39, 0.29) is 17.9 Å². The smallest absolute Gasteiger partial charge is 0.307 e. The van der Waals surface area contributed by atoms with Crippen LogP contribution in [0.2, 0.25) is 0 Å². The Kier molecular flexibility index (Phi) is 3.19. The monoisotopic (exact) mass is 253 g/mol.